The molecule has 0 saturated heterocycles. The van der Waals surface area contributed by atoms with Gasteiger partial charge in [-0.05, 0) is 60.4 Å². The summed E-state index contributed by atoms with van der Waals surface area (Å²) in [7, 11) is 5.10. The molecule has 0 N–H and O–H groups in total. The predicted molar refractivity (Wildman–Crippen MR) is 117 cm³/mol. The van der Waals surface area contributed by atoms with Crippen molar-refractivity contribution in [3.8, 4) is 17.2 Å². The van der Waals surface area contributed by atoms with Crippen LogP contribution >= 0.6 is 0 Å². The van der Waals surface area contributed by atoms with Crippen molar-refractivity contribution in [2.75, 3.05) is 27.9 Å². The highest BCUT2D eigenvalue weighted by molar-refractivity contribution is 5.51. The lowest BCUT2D eigenvalue weighted by molar-refractivity contribution is 0.201. The van der Waals surface area contributed by atoms with Crippen LogP contribution < -0.4 is 14.2 Å². The van der Waals surface area contributed by atoms with Gasteiger partial charge in [0.25, 0.3) is 0 Å². The second-order valence-electron chi connectivity index (χ2n) is 7.62. The van der Waals surface area contributed by atoms with Gasteiger partial charge in [-0.15, -0.1) is 0 Å². The quantitative estimate of drug-likeness (QED) is 0.602. The van der Waals surface area contributed by atoms with Crippen molar-refractivity contribution < 1.29 is 14.2 Å². The van der Waals surface area contributed by atoms with E-state index in [1.165, 1.54) is 27.8 Å². The summed E-state index contributed by atoms with van der Waals surface area (Å²) in [6.07, 6.45) is 4.66. The Morgan fingerprint density at radius 2 is 1.60 bits per heavy atom. The van der Waals surface area contributed by atoms with Crippen molar-refractivity contribution in [3.05, 3.63) is 82.7 Å². The lowest BCUT2D eigenvalue weighted by Crippen LogP contribution is -2.36. The number of pyridine rings is 1. The number of nitrogens with zero attached hydrogens (tertiary/aromatic N) is 2. The molecule has 1 aliphatic rings. The number of hydrogen-bond acceptors (Lipinski definition) is 5. The van der Waals surface area contributed by atoms with Crippen LogP contribution in [0.5, 0.6) is 17.2 Å². The first kappa shape index (κ1) is 20.2. The van der Waals surface area contributed by atoms with Crippen LogP contribution in [0.1, 0.15) is 33.9 Å². The molecular formula is C25H28N2O3. The Balaban J connectivity index is 1.80. The molecule has 0 fully saturated rings. The summed E-state index contributed by atoms with van der Waals surface area (Å²) in [5.74, 6) is 2.45. The SMILES string of the molecule is COc1ccc(C)cc1CN1CCc2cc(OC)c(OC)cc2C1c1ccncc1. The molecule has 3 aromatic rings. The van der Waals surface area contributed by atoms with Crippen molar-refractivity contribution in [1.29, 1.82) is 0 Å². The molecule has 0 amide bonds. The Bertz CT molecular complexity index is 1020. The van der Waals surface area contributed by atoms with Gasteiger partial charge in [-0.25, -0.2) is 0 Å². The average Bonchev–Trinajstić information content (AvgIpc) is 2.78. The molecule has 5 nitrogen and oxygen atoms in total. The molecule has 2 heterocycles. The number of methoxy groups -OCH3 is 3. The molecule has 0 saturated carbocycles. The standard InChI is InChI=1S/C25H28N2O3/c1-17-5-6-22(28-2)20(13-17)16-27-12-9-19-14-23(29-3)24(30-4)15-21(19)25(27)18-7-10-26-11-8-18/h5-8,10-11,13-15,25H,9,12,16H2,1-4H3. The number of rotatable bonds is 6. The lowest BCUT2D eigenvalue weighted by atomic mass is 9.87. The Hall–Kier alpha value is -3.05. The highest BCUT2D eigenvalue weighted by Crippen LogP contribution is 2.41. The summed E-state index contributed by atoms with van der Waals surface area (Å²) in [6.45, 7) is 3.85. The van der Waals surface area contributed by atoms with Gasteiger partial charge >= 0.3 is 0 Å². The minimum atomic E-state index is 0.0989. The summed E-state index contributed by atoms with van der Waals surface area (Å²) in [6, 6.07) is 14.9. The van der Waals surface area contributed by atoms with E-state index in [9.17, 15) is 0 Å². The maximum atomic E-state index is 5.65. The first-order valence-electron chi connectivity index (χ1n) is 10.2. The minimum absolute atomic E-state index is 0.0989. The van der Waals surface area contributed by atoms with Gasteiger partial charge < -0.3 is 14.2 Å². The van der Waals surface area contributed by atoms with Crippen molar-refractivity contribution in [1.82, 2.24) is 9.88 Å². The zero-order valence-electron chi connectivity index (χ0n) is 18.0. The molecule has 5 heteroatoms. The maximum absolute atomic E-state index is 5.65. The summed E-state index contributed by atoms with van der Waals surface area (Å²) < 4.78 is 16.8. The molecule has 156 valence electrons. The second-order valence-corrected chi connectivity index (χ2v) is 7.62. The van der Waals surface area contributed by atoms with Crippen LogP contribution in [-0.4, -0.2) is 37.8 Å². The Kier molecular flexibility index (Phi) is 5.91. The van der Waals surface area contributed by atoms with Crippen LogP contribution in [0.3, 0.4) is 0 Å². The summed E-state index contributed by atoms with van der Waals surface area (Å²) in [4.78, 5) is 6.72. The number of benzene rings is 2. The van der Waals surface area contributed by atoms with Crippen molar-refractivity contribution in [2.45, 2.75) is 25.9 Å². The monoisotopic (exact) mass is 404 g/mol. The minimum Gasteiger partial charge on any atom is -0.496 e. The molecule has 1 unspecified atom stereocenters. The summed E-state index contributed by atoms with van der Waals surface area (Å²) in [5.41, 5.74) is 6.18. The van der Waals surface area contributed by atoms with Crippen molar-refractivity contribution in [2.24, 2.45) is 0 Å². The first-order chi connectivity index (χ1) is 14.6. The van der Waals surface area contributed by atoms with Gasteiger partial charge in [-0.2, -0.15) is 0 Å². The van der Waals surface area contributed by atoms with E-state index in [0.717, 1.165) is 36.8 Å². The molecular weight excluding hydrogens is 376 g/mol. The first-order valence-corrected chi connectivity index (χ1v) is 10.2. The zero-order chi connectivity index (χ0) is 21.1. The number of aryl methyl sites for hydroxylation is 1. The fraction of sp³-hybridized carbons (Fsp3) is 0.320. The molecule has 2 aromatic carbocycles. The van der Waals surface area contributed by atoms with E-state index in [4.69, 9.17) is 14.2 Å². The Labute approximate surface area is 178 Å². The average molecular weight is 405 g/mol. The number of fused-ring (bicyclic) bond motifs is 1. The molecule has 0 bridgehead atoms. The normalized spacial score (nSPS) is 16.1. The fourth-order valence-corrected chi connectivity index (χ4v) is 4.35. The van der Waals surface area contributed by atoms with Crippen LogP contribution in [0.25, 0.3) is 0 Å². The van der Waals surface area contributed by atoms with Gasteiger partial charge in [-0.3, -0.25) is 9.88 Å². The predicted octanol–water partition coefficient (Wildman–Crippen LogP) is 4.56. The van der Waals surface area contributed by atoms with E-state index < -0.39 is 0 Å². The fourth-order valence-electron chi connectivity index (χ4n) is 4.35. The molecule has 0 spiro atoms. The third kappa shape index (κ3) is 3.85. The van der Waals surface area contributed by atoms with Crippen LogP contribution in [0.15, 0.2) is 54.9 Å². The molecule has 1 aromatic heterocycles. The van der Waals surface area contributed by atoms with Gasteiger partial charge in [0, 0.05) is 31.0 Å². The highest BCUT2D eigenvalue weighted by Gasteiger charge is 2.31. The largest absolute Gasteiger partial charge is 0.496 e. The highest BCUT2D eigenvalue weighted by atomic mass is 16.5. The Morgan fingerprint density at radius 3 is 2.30 bits per heavy atom. The molecule has 0 aliphatic carbocycles. The second kappa shape index (κ2) is 8.76. The van der Waals surface area contributed by atoms with E-state index >= 15 is 0 Å². The summed E-state index contributed by atoms with van der Waals surface area (Å²) in [5, 5.41) is 0. The number of hydrogen-bond donors (Lipinski definition) is 0. The van der Waals surface area contributed by atoms with Crippen molar-refractivity contribution >= 4 is 0 Å². The maximum Gasteiger partial charge on any atom is 0.161 e. The Morgan fingerprint density at radius 1 is 0.900 bits per heavy atom. The van der Waals surface area contributed by atoms with Gasteiger partial charge in [0.1, 0.15) is 5.75 Å². The van der Waals surface area contributed by atoms with E-state index in [-0.39, 0.29) is 6.04 Å². The molecule has 1 aliphatic heterocycles. The van der Waals surface area contributed by atoms with E-state index in [1.807, 2.05) is 12.4 Å². The molecule has 0 radical (unpaired) electrons. The van der Waals surface area contributed by atoms with Gasteiger partial charge in [-0.1, -0.05) is 17.7 Å². The third-order valence-corrected chi connectivity index (χ3v) is 5.80. The smallest absolute Gasteiger partial charge is 0.161 e. The molecule has 4 rings (SSSR count). The van der Waals surface area contributed by atoms with Gasteiger partial charge in [0.15, 0.2) is 11.5 Å². The van der Waals surface area contributed by atoms with Gasteiger partial charge in [0.05, 0.1) is 27.4 Å². The number of aromatic nitrogens is 1. The van der Waals surface area contributed by atoms with Crippen LogP contribution in [-0.2, 0) is 13.0 Å². The van der Waals surface area contributed by atoms with Crippen LogP contribution in [0.2, 0.25) is 0 Å². The topological polar surface area (TPSA) is 43.8 Å². The van der Waals surface area contributed by atoms with E-state index in [1.54, 1.807) is 21.3 Å². The summed E-state index contributed by atoms with van der Waals surface area (Å²) >= 11 is 0. The van der Waals surface area contributed by atoms with Crippen LogP contribution in [0, 0.1) is 6.92 Å². The van der Waals surface area contributed by atoms with Gasteiger partial charge in [0.2, 0.25) is 0 Å². The number of ether oxygens (including phenoxy) is 3. The zero-order valence-corrected chi connectivity index (χ0v) is 18.0. The lowest BCUT2D eigenvalue weighted by Gasteiger charge is -2.38. The van der Waals surface area contributed by atoms with Crippen LogP contribution in [0.4, 0.5) is 0 Å². The molecule has 30 heavy (non-hydrogen) atoms. The molecule has 1 atom stereocenters. The van der Waals surface area contributed by atoms with E-state index in [0.29, 0.717) is 0 Å². The third-order valence-electron chi connectivity index (χ3n) is 5.80. The van der Waals surface area contributed by atoms with Crippen molar-refractivity contribution in [3.63, 3.8) is 0 Å². The van der Waals surface area contributed by atoms with E-state index in [2.05, 4.69) is 59.3 Å².